The Labute approximate surface area is 183 Å². The molecule has 3 aromatic rings. The van der Waals surface area contributed by atoms with Crippen molar-refractivity contribution >= 4 is 22.7 Å². The third-order valence-corrected chi connectivity index (χ3v) is 4.68. The lowest BCUT2D eigenvalue weighted by molar-refractivity contribution is -0.128. The summed E-state index contributed by atoms with van der Waals surface area (Å²) in [5.41, 5.74) is 3.98. The summed E-state index contributed by atoms with van der Waals surface area (Å²) >= 11 is 0. The van der Waals surface area contributed by atoms with Crippen molar-refractivity contribution in [3.05, 3.63) is 68.9 Å². The number of nitrogens with one attached hydrogen (secondary N) is 3. The quantitative estimate of drug-likeness (QED) is 0.475. The van der Waals surface area contributed by atoms with Gasteiger partial charge < -0.3 is 14.5 Å². The van der Waals surface area contributed by atoms with E-state index in [0.717, 1.165) is 4.57 Å². The third kappa shape index (κ3) is 4.97. The van der Waals surface area contributed by atoms with Gasteiger partial charge in [-0.2, -0.15) is 0 Å². The molecule has 0 spiro atoms. The van der Waals surface area contributed by atoms with E-state index in [2.05, 4.69) is 15.8 Å². The lowest BCUT2D eigenvalue weighted by Gasteiger charge is -2.15. The molecule has 3 N–H and O–H groups in total. The summed E-state index contributed by atoms with van der Waals surface area (Å²) in [7, 11) is 0. The Morgan fingerprint density at radius 1 is 1.03 bits per heavy atom. The van der Waals surface area contributed by atoms with Crippen LogP contribution in [0.3, 0.4) is 0 Å². The van der Waals surface area contributed by atoms with E-state index in [0.29, 0.717) is 18.1 Å². The molecule has 1 heterocycles. The van der Waals surface area contributed by atoms with Gasteiger partial charge in [0.1, 0.15) is 11.5 Å². The Bertz CT molecular complexity index is 1250. The van der Waals surface area contributed by atoms with Crippen LogP contribution in [-0.4, -0.2) is 34.1 Å². The predicted molar refractivity (Wildman–Crippen MR) is 118 cm³/mol. The average Bonchev–Trinajstić information content (AvgIpc) is 2.78. The Kier molecular flexibility index (Phi) is 6.93. The number of nitrogens with zero attached hydrogens (tertiary/aromatic N) is 1. The normalized spacial score (nSPS) is 11.6. The molecule has 2 amide bonds. The molecule has 1 aromatic heterocycles. The summed E-state index contributed by atoms with van der Waals surface area (Å²) in [5.74, 6) is -0.0190. The molecule has 0 aliphatic carbocycles. The zero-order chi connectivity index (χ0) is 23.3. The minimum absolute atomic E-state index is 0.155. The molecular weight excluding hydrogens is 416 g/mol. The fourth-order valence-electron chi connectivity index (χ4n) is 3.01. The lowest BCUT2D eigenvalue weighted by Crippen LogP contribution is -2.47. The largest absolute Gasteiger partial charge is 0.494 e. The van der Waals surface area contributed by atoms with Gasteiger partial charge in [0.25, 0.3) is 17.4 Å². The molecule has 0 bridgehead atoms. The maximum Gasteiger partial charge on any atom is 0.328 e. The number of aromatic nitrogens is 2. The zero-order valence-electron chi connectivity index (χ0n) is 17.9. The van der Waals surface area contributed by atoms with E-state index in [-0.39, 0.29) is 23.0 Å². The van der Waals surface area contributed by atoms with E-state index < -0.39 is 29.2 Å². The smallest absolute Gasteiger partial charge is 0.328 e. The van der Waals surface area contributed by atoms with Crippen LogP contribution >= 0.6 is 0 Å². The van der Waals surface area contributed by atoms with E-state index in [1.165, 1.54) is 25.1 Å². The van der Waals surface area contributed by atoms with Gasteiger partial charge in [-0.25, -0.2) is 4.79 Å². The second kappa shape index (κ2) is 9.82. The second-order valence-electron chi connectivity index (χ2n) is 6.85. The van der Waals surface area contributed by atoms with Crippen LogP contribution in [0.15, 0.2) is 52.1 Å². The fraction of sp³-hybridized carbons (Fsp3) is 0.273. The number of rotatable bonds is 7. The Morgan fingerprint density at radius 2 is 1.72 bits per heavy atom. The summed E-state index contributed by atoms with van der Waals surface area (Å²) in [5, 5.41) is 0.282. The van der Waals surface area contributed by atoms with E-state index >= 15 is 0 Å². The van der Waals surface area contributed by atoms with Crippen molar-refractivity contribution in [2.75, 3.05) is 6.61 Å². The van der Waals surface area contributed by atoms with Gasteiger partial charge >= 0.3 is 5.69 Å². The first kappa shape index (κ1) is 22.6. The summed E-state index contributed by atoms with van der Waals surface area (Å²) < 4.78 is 12.0. The van der Waals surface area contributed by atoms with Crippen LogP contribution in [0.2, 0.25) is 0 Å². The van der Waals surface area contributed by atoms with Crippen molar-refractivity contribution in [2.45, 2.75) is 33.4 Å². The molecular formula is C22H24N4O6. The number of amides is 2. The molecule has 0 aliphatic heterocycles. The van der Waals surface area contributed by atoms with Gasteiger partial charge in [-0.05, 0) is 63.2 Å². The van der Waals surface area contributed by atoms with Gasteiger partial charge in [0.2, 0.25) is 0 Å². The number of carbonyl (C=O) groups excluding carboxylic acids is 2. The SMILES string of the molecule is CCOc1ccc(OC(C)C(=O)NNC(=O)c2ccc3c(=O)n(CC)c(=O)[nH]c3c2)cc1. The van der Waals surface area contributed by atoms with E-state index in [1.54, 1.807) is 31.2 Å². The molecule has 10 nitrogen and oxygen atoms in total. The zero-order valence-corrected chi connectivity index (χ0v) is 17.9. The van der Waals surface area contributed by atoms with Crippen LogP contribution in [0.4, 0.5) is 0 Å². The first-order chi connectivity index (χ1) is 15.3. The van der Waals surface area contributed by atoms with E-state index in [4.69, 9.17) is 9.47 Å². The van der Waals surface area contributed by atoms with Gasteiger partial charge in [-0.3, -0.25) is 29.8 Å². The lowest BCUT2D eigenvalue weighted by atomic mass is 10.1. The van der Waals surface area contributed by atoms with Crippen LogP contribution in [-0.2, 0) is 11.3 Å². The number of hydrogen-bond acceptors (Lipinski definition) is 6. The Balaban J connectivity index is 1.63. The van der Waals surface area contributed by atoms with Crippen molar-refractivity contribution in [1.82, 2.24) is 20.4 Å². The van der Waals surface area contributed by atoms with Crippen molar-refractivity contribution in [1.29, 1.82) is 0 Å². The number of ether oxygens (including phenoxy) is 2. The summed E-state index contributed by atoms with van der Waals surface area (Å²) in [6.07, 6.45) is -0.881. The molecule has 0 aliphatic rings. The molecule has 0 saturated heterocycles. The summed E-state index contributed by atoms with van der Waals surface area (Å²) in [6, 6.07) is 11.1. The van der Waals surface area contributed by atoms with Gasteiger partial charge in [0, 0.05) is 12.1 Å². The monoisotopic (exact) mass is 440 g/mol. The number of carbonyl (C=O) groups is 2. The maximum atomic E-state index is 12.4. The molecule has 1 atom stereocenters. The number of hydrogen-bond donors (Lipinski definition) is 3. The van der Waals surface area contributed by atoms with Crippen molar-refractivity contribution < 1.29 is 19.1 Å². The number of benzene rings is 2. The van der Waals surface area contributed by atoms with Crippen molar-refractivity contribution in [3.8, 4) is 11.5 Å². The highest BCUT2D eigenvalue weighted by atomic mass is 16.5. The topological polar surface area (TPSA) is 132 Å². The third-order valence-electron chi connectivity index (χ3n) is 4.68. The highest BCUT2D eigenvalue weighted by Crippen LogP contribution is 2.18. The van der Waals surface area contributed by atoms with Crippen LogP contribution < -0.4 is 31.6 Å². The predicted octanol–water partition coefficient (Wildman–Crippen LogP) is 1.34. The molecule has 2 aromatic carbocycles. The standard InChI is InChI=1S/C22H24N4O6/c1-4-26-21(29)17-11-6-14(12-18(17)23-22(26)30)20(28)25-24-19(27)13(3)32-16-9-7-15(8-10-16)31-5-2/h6-13H,4-5H2,1-3H3,(H,23,30)(H,24,27)(H,25,28). The molecule has 0 radical (unpaired) electrons. The van der Waals surface area contributed by atoms with Gasteiger partial charge in [0.05, 0.1) is 17.5 Å². The number of hydrazine groups is 1. The highest BCUT2D eigenvalue weighted by Gasteiger charge is 2.17. The van der Waals surface area contributed by atoms with Gasteiger partial charge in [0.15, 0.2) is 6.10 Å². The highest BCUT2D eigenvalue weighted by molar-refractivity contribution is 5.98. The Morgan fingerprint density at radius 3 is 2.38 bits per heavy atom. The first-order valence-electron chi connectivity index (χ1n) is 10.1. The fourth-order valence-corrected chi connectivity index (χ4v) is 3.01. The maximum absolute atomic E-state index is 12.4. The minimum atomic E-state index is -0.881. The Hall–Kier alpha value is -4.08. The molecule has 32 heavy (non-hydrogen) atoms. The average molecular weight is 440 g/mol. The molecule has 0 fully saturated rings. The molecule has 0 saturated carbocycles. The van der Waals surface area contributed by atoms with Gasteiger partial charge in [-0.15, -0.1) is 0 Å². The number of fused-ring (bicyclic) bond motifs is 1. The first-order valence-corrected chi connectivity index (χ1v) is 10.1. The number of H-pyrrole nitrogens is 1. The van der Waals surface area contributed by atoms with Crippen LogP contribution in [0.1, 0.15) is 31.1 Å². The molecule has 3 rings (SSSR count). The molecule has 10 heteroatoms. The minimum Gasteiger partial charge on any atom is -0.494 e. The molecule has 168 valence electrons. The summed E-state index contributed by atoms with van der Waals surface area (Å²) in [6.45, 7) is 5.88. The van der Waals surface area contributed by atoms with E-state index in [9.17, 15) is 19.2 Å². The second-order valence-corrected chi connectivity index (χ2v) is 6.85. The van der Waals surface area contributed by atoms with Crippen LogP contribution in [0.5, 0.6) is 11.5 Å². The van der Waals surface area contributed by atoms with E-state index in [1.807, 2.05) is 6.92 Å². The number of aromatic amines is 1. The summed E-state index contributed by atoms with van der Waals surface area (Å²) in [4.78, 5) is 51.5. The van der Waals surface area contributed by atoms with Crippen LogP contribution in [0.25, 0.3) is 10.9 Å². The van der Waals surface area contributed by atoms with Crippen LogP contribution in [0, 0.1) is 0 Å². The van der Waals surface area contributed by atoms with Gasteiger partial charge in [-0.1, -0.05) is 0 Å². The van der Waals surface area contributed by atoms with Crippen molar-refractivity contribution in [2.24, 2.45) is 0 Å². The van der Waals surface area contributed by atoms with Crippen molar-refractivity contribution in [3.63, 3.8) is 0 Å². The molecule has 1 unspecified atom stereocenters.